The van der Waals surface area contributed by atoms with Gasteiger partial charge in [-0.15, -0.1) is 0 Å². The SMILES string of the molecule is CN1CCC(Cn2c(C3CCCN3C)nc3cccnc32)C1. The van der Waals surface area contributed by atoms with Gasteiger partial charge in [-0.05, 0) is 64.5 Å². The normalized spacial score (nSPS) is 27.2. The average molecular weight is 299 g/mol. The quantitative estimate of drug-likeness (QED) is 0.870. The first-order valence-corrected chi connectivity index (χ1v) is 8.42. The standard InChI is InChI=1S/C17H25N5/c1-20-10-7-13(11-20)12-22-16-14(5-3-8-18-16)19-17(22)15-6-4-9-21(15)2/h3,5,8,13,15H,4,6-7,9-12H2,1-2H3. The molecule has 5 heteroatoms. The lowest BCUT2D eigenvalue weighted by molar-refractivity contribution is 0.293. The Balaban J connectivity index is 1.73. The Labute approximate surface area is 131 Å². The minimum atomic E-state index is 0.452. The highest BCUT2D eigenvalue weighted by Gasteiger charge is 2.30. The lowest BCUT2D eigenvalue weighted by atomic mass is 10.1. The lowest BCUT2D eigenvalue weighted by Crippen LogP contribution is -2.23. The number of nitrogens with zero attached hydrogens (tertiary/aromatic N) is 5. The van der Waals surface area contributed by atoms with Crippen LogP contribution in [0.25, 0.3) is 11.2 Å². The van der Waals surface area contributed by atoms with Crippen LogP contribution >= 0.6 is 0 Å². The number of fused-ring (bicyclic) bond motifs is 1. The molecule has 2 fully saturated rings. The molecule has 0 N–H and O–H groups in total. The summed E-state index contributed by atoms with van der Waals surface area (Å²) in [5.74, 6) is 1.94. The van der Waals surface area contributed by atoms with E-state index in [2.05, 4.69) is 39.5 Å². The van der Waals surface area contributed by atoms with Gasteiger partial charge in [-0.1, -0.05) is 0 Å². The van der Waals surface area contributed by atoms with Crippen molar-refractivity contribution in [2.24, 2.45) is 5.92 Å². The second-order valence-electron chi connectivity index (χ2n) is 6.98. The zero-order chi connectivity index (χ0) is 15.1. The van der Waals surface area contributed by atoms with Crippen LogP contribution in [0.15, 0.2) is 18.3 Å². The number of pyridine rings is 1. The van der Waals surface area contributed by atoms with Gasteiger partial charge in [0.25, 0.3) is 0 Å². The summed E-state index contributed by atoms with van der Waals surface area (Å²) in [6, 6.07) is 4.54. The Morgan fingerprint density at radius 2 is 2.14 bits per heavy atom. The molecule has 2 aromatic heterocycles. The Bertz CT molecular complexity index is 664. The molecule has 4 rings (SSSR count). The zero-order valence-corrected chi connectivity index (χ0v) is 13.6. The molecule has 0 aliphatic carbocycles. The number of hydrogen-bond donors (Lipinski definition) is 0. The van der Waals surface area contributed by atoms with Crippen LogP contribution < -0.4 is 0 Å². The van der Waals surface area contributed by atoms with Gasteiger partial charge >= 0.3 is 0 Å². The van der Waals surface area contributed by atoms with Crippen LogP contribution in [0.4, 0.5) is 0 Å². The maximum atomic E-state index is 4.95. The molecular formula is C17H25N5. The first kappa shape index (κ1) is 14.2. The van der Waals surface area contributed by atoms with Crippen molar-refractivity contribution >= 4 is 11.2 Å². The summed E-state index contributed by atoms with van der Waals surface area (Å²) in [7, 11) is 4.44. The van der Waals surface area contributed by atoms with Gasteiger partial charge in [0.05, 0.1) is 6.04 Å². The van der Waals surface area contributed by atoms with Crippen LogP contribution in [0.2, 0.25) is 0 Å². The fourth-order valence-corrected chi connectivity index (χ4v) is 4.08. The zero-order valence-electron chi connectivity index (χ0n) is 13.6. The monoisotopic (exact) mass is 299 g/mol. The van der Waals surface area contributed by atoms with Gasteiger partial charge in [-0.2, -0.15) is 0 Å². The van der Waals surface area contributed by atoms with E-state index in [4.69, 9.17) is 4.98 Å². The Morgan fingerprint density at radius 3 is 2.86 bits per heavy atom. The molecule has 0 aromatic carbocycles. The van der Waals surface area contributed by atoms with Gasteiger partial charge in [0.2, 0.25) is 0 Å². The van der Waals surface area contributed by atoms with Crippen molar-refractivity contribution in [3.05, 3.63) is 24.2 Å². The maximum Gasteiger partial charge on any atom is 0.160 e. The molecule has 0 saturated carbocycles. The van der Waals surface area contributed by atoms with Crippen LogP contribution in [0.5, 0.6) is 0 Å². The summed E-state index contributed by atoms with van der Waals surface area (Å²) >= 11 is 0. The molecular weight excluding hydrogens is 274 g/mol. The van der Waals surface area contributed by atoms with E-state index in [-0.39, 0.29) is 0 Å². The maximum absolute atomic E-state index is 4.95. The third-order valence-electron chi connectivity index (χ3n) is 5.28. The number of aromatic nitrogens is 3. The van der Waals surface area contributed by atoms with Crippen molar-refractivity contribution in [1.82, 2.24) is 24.3 Å². The summed E-state index contributed by atoms with van der Waals surface area (Å²) < 4.78 is 2.41. The molecule has 0 radical (unpaired) electrons. The molecule has 2 atom stereocenters. The summed E-state index contributed by atoms with van der Waals surface area (Å²) in [6.45, 7) is 4.63. The molecule has 2 aromatic rings. The number of hydrogen-bond acceptors (Lipinski definition) is 4. The molecule has 0 amide bonds. The molecule has 2 aliphatic rings. The van der Waals surface area contributed by atoms with Crippen LogP contribution in [0, 0.1) is 5.92 Å². The Kier molecular flexibility index (Phi) is 3.62. The molecule has 4 heterocycles. The highest BCUT2D eigenvalue weighted by Crippen LogP contribution is 2.32. The fraction of sp³-hybridized carbons (Fsp3) is 0.647. The Morgan fingerprint density at radius 1 is 1.23 bits per heavy atom. The molecule has 118 valence electrons. The van der Waals surface area contributed by atoms with E-state index in [1.165, 1.54) is 44.7 Å². The van der Waals surface area contributed by atoms with E-state index >= 15 is 0 Å². The predicted molar refractivity (Wildman–Crippen MR) is 87.7 cm³/mol. The van der Waals surface area contributed by atoms with Crippen LogP contribution in [-0.4, -0.2) is 58.1 Å². The number of imidazole rings is 1. The largest absolute Gasteiger partial charge is 0.311 e. The van der Waals surface area contributed by atoms with Crippen LogP contribution in [0.1, 0.15) is 31.1 Å². The third-order valence-corrected chi connectivity index (χ3v) is 5.28. The smallest absolute Gasteiger partial charge is 0.160 e. The van der Waals surface area contributed by atoms with Crippen molar-refractivity contribution < 1.29 is 0 Å². The molecule has 2 unspecified atom stereocenters. The molecule has 5 nitrogen and oxygen atoms in total. The molecule has 0 spiro atoms. The highest BCUT2D eigenvalue weighted by atomic mass is 15.2. The van der Waals surface area contributed by atoms with Crippen LogP contribution in [-0.2, 0) is 6.54 Å². The van der Waals surface area contributed by atoms with Crippen molar-refractivity contribution in [2.45, 2.75) is 31.8 Å². The topological polar surface area (TPSA) is 37.2 Å². The van der Waals surface area contributed by atoms with Gasteiger partial charge in [-0.3, -0.25) is 4.90 Å². The van der Waals surface area contributed by atoms with E-state index in [1.807, 2.05) is 12.3 Å². The summed E-state index contributed by atoms with van der Waals surface area (Å²) in [5.41, 5.74) is 2.11. The van der Waals surface area contributed by atoms with Gasteiger partial charge in [0, 0.05) is 19.3 Å². The van der Waals surface area contributed by atoms with Gasteiger partial charge in [0.15, 0.2) is 5.65 Å². The van der Waals surface area contributed by atoms with E-state index in [0.29, 0.717) is 6.04 Å². The van der Waals surface area contributed by atoms with Crippen LogP contribution in [0.3, 0.4) is 0 Å². The average Bonchev–Trinajstić information content (AvgIpc) is 3.20. The molecule has 0 bridgehead atoms. The Hall–Kier alpha value is -1.46. The number of rotatable bonds is 3. The minimum absolute atomic E-state index is 0.452. The fourth-order valence-electron chi connectivity index (χ4n) is 4.08. The van der Waals surface area contributed by atoms with Gasteiger partial charge in [-0.25, -0.2) is 9.97 Å². The predicted octanol–water partition coefficient (Wildman–Crippen LogP) is 2.15. The van der Waals surface area contributed by atoms with Crippen molar-refractivity contribution in [3.63, 3.8) is 0 Å². The van der Waals surface area contributed by atoms with E-state index in [9.17, 15) is 0 Å². The van der Waals surface area contributed by atoms with Crippen molar-refractivity contribution in [1.29, 1.82) is 0 Å². The summed E-state index contributed by atoms with van der Waals surface area (Å²) in [5, 5.41) is 0. The second kappa shape index (κ2) is 5.63. The summed E-state index contributed by atoms with van der Waals surface area (Å²) in [4.78, 5) is 14.5. The van der Waals surface area contributed by atoms with Gasteiger partial charge < -0.3 is 9.47 Å². The van der Waals surface area contributed by atoms with E-state index < -0.39 is 0 Å². The molecule has 2 aliphatic heterocycles. The third kappa shape index (κ3) is 2.42. The van der Waals surface area contributed by atoms with Gasteiger partial charge in [0.1, 0.15) is 11.3 Å². The lowest BCUT2D eigenvalue weighted by Gasteiger charge is -2.21. The molecule has 22 heavy (non-hydrogen) atoms. The van der Waals surface area contributed by atoms with E-state index in [0.717, 1.165) is 23.6 Å². The summed E-state index contributed by atoms with van der Waals surface area (Å²) in [6.07, 6.45) is 5.65. The highest BCUT2D eigenvalue weighted by molar-refractivity contribution is 5.71. The molecule has 2 saturated heterocycles. The van der Waals surface area contributed by atoms with E-state index in [1.54, 1.807) is 0 Å². The first-order chi connectivity index (χ1) is 10.7. The number of likely N-dealkylation sites (tertiary alicyclic amines) is 2. The van der Waals surface area contributed by atoms with Crippen molar-refractivity contribution in [2.75, 3.05) is 33.7 Å². The first-order valence-electron chi connectivity index (χ1n) is 8.42. The van der Waals surface area contributed by atoms with Crippen molar-refractivity contribution in [3.8, 4) is 0 Å². The second-order valence-corrected chi connectivity index (χ2v) is 6.98. The minimum Gasteiger partial charge on any atom is -0.311 e.